The highest BCUT2D eigenvalue weighted by molar-refractivity contribution is 5.93. The topological polar surface area (TPSA) is 67.4 Å². The number of hydrogen-bond donors (Lipinski definition) is 2. The van der Waals surface area contributed by atoms with Crippen LogP contribution in [0.3, 0.4) is 0 Å². The standard InChI is InChI=1S/C16H16N2O3/c1-21-15(19)13-8-5-9-14(10-13)18-16(20)17-11-12-6-3-2-4-7-12/h2-10H,11H2,1H3,(H2,17,18,20). The number of anilines is 1. The van der Waals surface area contributed by atoms with E-state index in [1.165, 1.54) is 7.11 Å². The molecular weight excluding hydrogens is 268 g/mol. The van der Waals surface area contributed by atoms with Crippen LogP contribution < -0.4 is 10.6 Å². The molecule has 0 heterocycles. The molecule has 0 radical (unpaired) electrons. The number of hydrogen-bond acceptors (Lipinski definition) is 3. The summed E-state index contributed by atoms with van der Waals surface area (Å²) in [4.78, 5) is 23.2. The third-order valence-corrected chi connectivity index (χ3v) is 2.84. The summed E-state index contributed by atoms with van der Waals surface area (Å²) in [6, 6.07) is 15.8. The van der Waals surface area contributed by atoms with E-state index in [0.717, 1.165) is 5.56 Å². The predicted molar refractivity (Wildman–Crippen MR) is 80.1 cm³/mol. The molecule has 0 fully saturated rings. The molecule has 0 aliphatic rings. The van der Waals surface area contributed by atoms with E-state index in [-0.39, 0.29) is 6.03 Å². The van der Waals surface area contributed by atoms with E-state index >= 15 is 0 Å². The van der Waals surface area contributed by atoms with Crippen molar-refractivity contribution in [3.8, 4) is 0 Å². The summed E-state index contributed by atoms with van der Waals surface area (Å²) in [5, 5.41) is 5.42. The third kappa shape index (κ3) is 4.35. The largest absolute Gasteiger partial charge is 0.465 e. The van der Waals surface area contributed by atoms with E-state index in [9.17, 15) is 9.59 Å². The van der Waals surface area contributed by atoms with E-state index in [0.29, 0.717) is 17.8 Å². The molecule has 0 atom stereocenters. The summed E-state index contributed by atoms with van der Waals surface area (Å²) in [7, 11) is 1.31. The van der Waals surface area contributed by atoms with E-state index in [4.69, 9.17) is 0 Å². The Hall–Kier alpha value is -2.82. The molecule has 0 bridgehead atoms. The number of esters is 1. The van der Waals surface area contributed by atoms with Crippen LogP contribution >= 0.6 is 0 Å². The molecule has 2 N–H and O–H groups in total. The zero-order valence-corrected chi connectivity index (χ0v) is 11.6. The van der Waals surface area contributed by atoms with Gasteiger partial charge in [0, 0.05) is 12.2 Å². The maximum absolute atomic E-state index is 11.8. The van der Waals surface area contributed by atoms with Crippen molar-refractivity contribution in [2.24, 2.45) is 0 Å². The van der Waals surface area contributed by atoms with Gasteiger partial charge in [0.15, 0.2) is 0 Å². The van der Waals surface area contributed by atoms with E-state index in [1.54, 1.807) is 24.3 Å². The molecule has 0 unspecified atom stereocenters. The molecule has 5 heteroatoms. The van der Waals surface area contributed by atoms with Crippen LogP contribution in [0.25, 0.3) is 0 Å². The Morgan fingerprint density at radius 1 is 1.05 bits per heavy atom. The van der Waals surface area contributed by atoms with Crippen molar-refractivity contribution < 1.29 is 14.3 Å². The van der Waals surface area contributed by atoms with E-state index < -0.39 is 5.97 Å². The quantitative estimate of drug-likeness (QED) is 0.848. The first-order valence-corrected chi connectivity index (χ1v) is 6.46. The number of methoxy groups -OCH3 is 1. The minimum absolute atomic E-state index is 0.333. The first kappa shape index (κ1) is 14.6. The van der Waals surface area contributed by atoms with Gasteiger partial charge in [-0.25, -0.2) is 9.59 Å². The monoisotopic (exact) mass is 284 g/mol. The van der Waals surface area contributed by atoms with Gasteiger partial charge in [0.25, 0.3) is 0 Å². The van der Waals surface area contributed by atoms with Crippen LogP contribution in [0.5, 0.6) is 0 Å². The Morgan fingerprint density at radius 2 is 1.81 bits per heavy atom. The smallest absolute Gasteiger partial charge is 0.337 e. The molecule has 5 nitrogen and oxygen atoms in total. The number of ether oxygens (including phenoxy) is 1. The van der Waals surface area contributed by atoms with Gasteiger partial charge in [0.1, 0.15) is 0 Å². The Kier molecular flexibility index (Phi) is 4.93. The van der Waals surface area contributed by atoms with Crippen LogP contribution in [-0.2, 0) is 11.3 Å². The molecule has 2 aromatic carbocycles. The minimum Gasteiger partial charge on any atom is -0.465 e. The van der Waals surface area contributed by atoms with Crippen molar-refractivity contribution in [3.63, 3.8) is 0 Å². The Morgan fingerprint density at radius 3 is 2.52 bits per heavy atom. The van der Waals surface area contributed by atoms with Crippen LogP contribution in [0.15, 0.2) is 54.6 Å². The Bertz CT molecular complexity index is 626. The van der Waals surface area contributed by atoms with Gasteiger partial charge in [0.05, 0.1) is 12.7 Å². The fourth-order valence-electron chi connectivity index (χ4n) is 1.80. The molecule has 2 aromatic rings. The molecule has 0 aliphatic heterocycles. The highest BCUT2D eigenvalue weighted by Gasteiger charge is 2.07. The highest BCUT2D eigenvalue weighted by atomic mass is 16.5. The lowest BCUT2D eigenvalue weighted by Crippen LogP contribution is -2.28. The van der Waals surface area contributed by atoms with E-state index in [1.807, 2.05) is 30.3 Å². The van der Waals surface area contributed by atoms with Crippen LogP contribution in [0.2, 0.25) is 0 Å². The van der Waals surface area contributed by atoms with Gasteiger partial charge in [-0.1, -0.05) is 36.4 Å². The second-order valence-electron chi connectivity index (χ2n) is 4.37. The summed E-state index contributed by atoms with van der Waals surface area (Å²) >= 11 is 0. The van der Waals surface area contributed by atoms with Gasteiger partial charge in [0.2, 0.25) is 0 Å². The number of rotatable bonds is 4. The van der Waals surface area contributed by atoms with Gasteiger partial charge >= 0.3 is 12.0 Å². The zero-order chi connectivity index (χ0) is 15.1. The number of carbonyl (C=O) groups is 2. The van der Waals surface area contributed by atoms with E-state index in [2.05, 4.69) is 15.4 Å². The summed E-state index contributed by atoms with van der Waals surface area (Å²) in [6.45, 7) is 0.434. The average Bonchev–Trinajstić information content (AvgIpc) is 2.53. The molecule has 0 saturated heterocycles. The van der Waals surface area contributed by atoms with Crippen molar-refractivity contribution >= 4 is 17.7 Å². The molecular formula is C16H16N2O3. The first-order valence-electron chi connectivity index (χ1n) is 6.46. The number of amides is 2. The fourth-order valence-corrected chi connectivity index (χ4v) is 1.80. The van der Waals surface area contributed by atoms with Crippen molar-refractivity contribution in [2.75, 3.05) is 12.4 Å². The average molecular weight is 284 g/mol. The van der Waals surface area contributed by atoms with Crippen molar-refractivity contribution in [3.05, 3.63) is 65.7 Å². The summed E-state index contributed by atoms with van der Waals surface area (Å²) in [5.41, 5.74) is 1.93. The van der Waals surface area contributed by atoms with Gasteiger partial charge < -0.3 is 15.4 Å². The minimum atomic E-state index is -0.441. The molecule has 2 rings (SSSR count). The van der Waals surface area contributed by atoms with Gasteiger partial charge in [-0.2, -0.15) is 0 Å². The van der Waals surface area contributed by atoms with Crippen LogP contribution in [-0.4, -0.2) is 19.1 Å². The maximum Gasteiger partial charge on any atom is 0.337 e. The predicted octanol–water partition coefficient (Wildman–Crippen LogP) is 2.79. The second kappa shape index (κ2) is 7.09. The van der Waals surface area contributed by atoms with Crippen molar-refractivity contribution in [1.82, 2.24) is 5.32 Å². The third-order valence-electron chi connectivity index (χ3n) is 2.84. The van der Waals surface area contributed by atoms with Crippen molar-refractivity contribution in [1.29, 1.82) is 0 Å². The van der Waals surface area contributed by atoms with Gasteiger partial charge in [-0.05, 0) is 23.8 Å². The van der Waals surface area contributed by atoms with Gasteiger partial charge in [-0.3, -0.25) is 0 Å². The number of benzene rings is 2. The number of urea groups is 1. The van der Waals surface area contributed by atoms with Crippen LogP contribution in [0.1, 0.15) is 15.9 Å². The molecule has 2 amide bonds. The zero-order valence-electron chi connectivity index (χ0n) is 11.6. The second-order valence-corrected chi connectivity index (χ2v) is 4.37. The van der Waals surface area contributed by atoms with Crippen molar-refractivity contribution in [2.45, 2.75) is 6.54 Å². The highest BCUT2D eigenvalue weighted by Crippen LogP contribution is 2.11. The summed E-state index contributed by atoms with van der Waals surface area (Å²) in [5.74, 6) is -0.441. The summed E-state index contributed by atoms with van der Waals surface area (Å²) in [6.07, 6.45) is 0. The number of carbonyl (C=O) groups excluding carboxylic acids is 2. The first-order chi connectivity index (χ1) is 10.2. The van der Waals surface area contributed by atoms with Gasteiger partial charge in [-0.15, -0.1) is 0 Å². The maximum atomic E-state index is 11.8. The van der Waals surface area contributed by atoms with Crippen LogP contribution in [0.4, 0.5) is 10.5 Å². The lowest BCUT2D eigenvalue weighted by Gasteiger charge is -2.08. The Labute approximate surface area is 122 Å². The molecule has 0 spiro atoms. The van der Waals surface area contributed by atoms with Crippen LogP contribution in [0, 0.1) is 0 Å². The molecule has 0 aromatic heterocycles. The number of nitrogens with one attached hydrogen (secondary N) is 2. The SMILES string of the molecule is COC(=O)c1cccc(NC(=O)NCc2ccccc2)c1. The fraction of sp³-hybridized carbons (Fsp3) is 0.125. The molecule has 0 saturated carbocycles. The molecule has 21 heavy (non-hydrogen) atoms. The molecule has 108 valence electrons. The Balaban J connectivity index is 1.92. The normalized spacial score (nSPS) is 9.76. The lowest BCUT2D eigenvalue weighted by atomic mass is 10.2. The summed E-state index contributed by atoms with van der Waals surface area (Å²) < 4.78 is 4.63. The lowest BCUT2D eigenvalue weighted by molar-refractivity contribution is 0.0600. The molecule has 0 aliphatic carbocycles.